The van der Waals surface area contributed by atoms with Crippen LogP contribution in [0.5, 0.6) is 0 Å². The summed E-state index contributed by atoms with van der Waals surface area (Å²) >= 11 is 3.45. The second-order valence-corrected chi connectivity index (χ2v) is 6.11. The number of para-hydroxylation sites is 1. The molecule has 0 aromatic heterocycles. The zero-order valence-corrected chi connectivity index (χ0v) is 13.2. The van der Waals surface area contributed by atoms with Gasteiger partial charge in [0.25, 0.3) is 0 Å². The molecule has 1 atom stereocenters. The lowest BCUT2D eigenvalue weighted by Crippen LogP contribution is -2.34. The van der Waals surface area contributed by atoms with Crippen LogP contribution in [-0.2, 0) is 0 Å². The molecule has 0 aliphatic carbocycles. The normalized spacial score (nSPS) is 17.8. The molecule has 2 aromatic carbocycles. The van der Waals surface area contributed by atoms with E-state index in [1.54, 1.807) is 0 Å². The van der Waals surface area contributed by atoms with Gasteiger partial charge in [-0.05, 0) is 42.7 Å². The van der Waals surface area contributed by atoms with Crippen LogP contribution in [0.4, 0.5) is 10.5 Å². The highest BCUT2D eigenvalue weighted by molar-refractivity contribution is 9.10. The van der Waals surface area contributed by atoms with E-state index in [9.17, 15) is 4.79 Å². The summed E-state index contributed by atoms with van der Waals surface area (Å²) in [6.45, 7) is 0.805. The molecule has 2 amide bonds. The first kappa shape index (κ1) is 14.1. The Balaban J connectivity index is 1.74. The van der Waals surface area contributed by atoms with E-state index < -0.39 is 0 Å². The van der Waals surface area contributed by atoms with E-state index in [0.29, 0.717) is 0 Å². The Kier molecular flexibility index (Phi) is 4.25. The van der Waals surface area contributed by atoms with Crippen LogP contribution in [0.2, 0.25) is 0 Å². The van der Waals surface area contributed by atoms with Crippen LogP contribution in [0.3, 0.4) is 0 Å². The molecule has 4 heteroatoms. The van der Waals surface area contributed by atoms with E-state index >= 15 is 0 Å². The Labute approximate surface area is 133 Å². The van der Waals surface area contributed by atoms with Gasteiger partial charge in [0, 0.05) is 16.7 Å². The Morgan fingerprint density at radius 1 is 1.10 bits per heavy atom. The summed E-state index contributed by atoms with van der Waals surface area (Å²) in [5.74, 6) is 0. The lowest BCUT2D eigenvalue weighted by molar-refractivity contribution is 0.207. The first-order valence-electron chi connectivity index (χ1n) is 7.12. The predicted molar refractivity (Wildman–Crippen MR) is 88.3 cm³/mol. The van der Waals surface area contributed by atoms with Gasteiger partial charge in [0.15, 0.2) is 0 Å². The predicted octanol–water partition coefficient (Wildman–Crippen LogP) is 4.82. The van der Waals surface area contributed by atoms with Crippen molar-refractivity contribution in [2.75, 3.05) is 11.9 Å². The number of urea groups is 1. The molecule has 1 heterocycles. The van der Waals surface area contributed by atoms with Crippen molar-refractivity contribution < 1.29 is 4.79 Å². The third kappa shape index (κ3) is 3.27. The quantitative estimate of drug-likeness (QED) is 0.832. The molecule has 3 rings (SSSR count). The molecule has 1 saturated heterocycles. The van der Waals surface area contributed by atoms with Gasteiger partial charge in [-0.3, -0.25) is 0 Å². The van der Waals surface area contributed by atoms with Crippen molar-refractivity contribution in [3.63, 3.8) is 0 Å². The van der Waals surface area contributed by atoms with Crippen molar-refractivity contribution in [2.45, 2.75) is 18.9 Å². The molecule has 108 valence electrons. The maximum atomic E-state index is 12.5. The number of nitrogens with zero attached hydrogens (tertiary/aromatic N) is 1. The maximum absolute atomic E-state index is 12.5. The standard InChI is InChI=1S/C17H17BrN2O/c18-14-10-8-13(9-11-14)16-7-4-12-20(16)17(21)19-15-5-2-1-3-6-15/h1-3,5-6,8-11,16H,4,7,12H2,(H,19,21). The Bertz CT molecular complexity index is 612. The summed E-state index contributed by atoms with van der Waals surface area (Å²) < 4.78 is 1.06. The van der Waals surface area contributed by atoms with E-state index in [1.807, 2.05) is 47.4 Å². The van der Waals surface area contributed by atoms with Gasteiger partial charge in [0.05, 0.1) is 6.04 Å². The zero-order valence-electron chi connectivity index (χ0n) is 11.6. The van der Waals surface area contributed by atoms with Gasteiger partial charge < -0.3 is 10.2 Å². The molecule has 0 bridgehead atoms. The average molecular weight is 345 g/mol. The summed E-state index contributed by atoms with van der Waals surface area (Å²) in [5.41, 5.74) is 2.03. The molecular formula is C17H17BrN2O. The van der Waals surface area contributed by atoms with Crippen LogP contribution in [-0.4, -0.2) is 17.5 Å². The summed E-state index contributed by atoms with van der Waals surface area (Å²) in [4.78, 5) is 14.4. The van der Waals surface area contributed by atoms with Crippen molar-refractivity contribution >= 4 is 27.6 Å². The smallest absolute Gasteiger partial charge is 0.317 e. The average Bonchev–Trinajstić information content (AvgIpc) is 2.98. The van der Waals surface area contributed by atoms with Crippen LogP contribution in [0.1, 0.15) is 24.4 Å². The number of hydrogen-bond acceptors (Lipinski definition) is 1. The van der Waals surface area contributed by atoms with E-state index in [-0.39, 0.29) is 12.1 Å². The van der Waals surface area contributed by atoms with Gasteiger partial charge >= 0.3 is 6.03 Å². The third-order valence-corrected chi connectivity index (χ3v) is 4.32. The number of likely N-dealkylation sites (tertiary alicyclic amines) is 1. The molecule has 2 aromatic rings. The Hall–Kier alpha value is -1.81. The van der Waals surface area contributed by atoms with Gasteiger partial charge in [-0.25, -0.2) is 4.79 Å². The fourth-order valence-electron chi connectivity index (χ4n) is 2.76. The fraction of sp³-hybridized carbons (Fsp3) is 0.235. The molecule has 1 N–H and O–H groups in total. The van der Waals surface area contributed by atoms with Crippen molar-refractivity contribution in [3.05, 3.63) is 64.6 Å². The zero-order chi connectivity index (χ0) is 14.7. The van der Waals surface area contributed by atoms with E-state index in [2.05, 4.69) is 33.4 Å². The van der Waals surface area contributed by atoms with Gasteiger partial charge in [-0.15, -0.1) is 0 Å². The monoisotopic (exact) mass is 344 g/mol. The fourth-order valence-corrected chi connectivity index (χ4v) is 3.02. The van der Waals surface area contributed by atoms with E-state index in [0.717, 1.165) is 29.5 Å². The van der Waals surface area contributed by atoms with Crippen molar-refractivity contribution in [1.82, 2.24) is 4.90 Å². The second-order valence-electron chi connectivity index (χ2n) is 5.20. The number of carbonyl (C=O) groups excluding carboxylic acids is 1. The van der Waals surface area contributed by atoms with Crippen molar-refractivity contribution in [3.8, 4) is 0 Å². The van der Waals surface area contributed by atoms with Crippen LogP contribution >= 0.6 is 15.9 Å². The number of benzene rings is 2. The van der Waals surface area contributed by atoms with Gasteiger partial charge in [-0.2, -0.15) is 0 Å². The summed E-state index contributed by atoms with van der Waals surface area (Å²) in [7, 11) is 0. The van der Waals surface area contributed by atoms with Crippen LogP contribution < -0.4 is 5.32 Å². The highest BCUT2D eigenvalue weighted by atomic mass is 79.9. The third-order valence-electron chi connectivity index (χ3n) is 3.79. The maximum Gasteiger partial charge on any atom is 0.322 e. The minimum Gasteiger partial charge on any atom is -0.317 e. The number of amides is 2. The molecule has 21 heavy (non-hydrogen) atoms. The second kappa shape index (κ2) is 6.31. The summed E-state index contributed by atoms with van der Waals surface area (Å²) in [5, 5.41) is 2.97. The van der Waals surface area contributed by atoms with Gasteiger partial charge in [-0.1, -0.05) is 46.3 Å². The molecule has 1 aliphatic rings. The molecule has 1 unspecified atom stereocenters. The van der Waals surface area contributed by atoms with Crippen LogP contribution in [0, 0.1) is 0 Å². The number of anilines is 1. The number of hydrogen-bond donors (Lipinski definition) is 1. The lowest BCUT2D eigenvalue weighted by Gasteiger charge is -2.25. The Morgan fingerprint density at radius 2 is 1.81 bits per heavy atom. The van der Waals surface area contributed by atoms with Crippen molar-refractivity contribution in [1.29, 1.82) is 0 Å². The molecular weight excluding hydrogens is 328 g/mol. The Morgan fingerprint density at radius 3 is 2.52 bits per heavy atom. The van der Waals surface area contributed by atoms with Crippen LogP contribution in [0.25, 0.3) is 0 Å². The molecule has 1 fully saturated rings. The molecule has 1 aliphatic heterocycles. The molecule has 0 spiro atoms. The highest BCUT2D eigenvalue weighted by Gasteiger charge is 2.29. The SMILES string of the molecule is O=C(Nc1ccccc1)N1CCCC1c1ccc(Br)cc1. The van der Waals surface area contributed by atoms with E-state index in [4.69, 9.17) is 0 Å². The largest absolute Gasteiger partial charge is 0.322 e. The topological polar surface area (TPSA) is 32.3 Å². The molecule has 0 radical (unpaired) electrons. The highest BCUT2D eigenvalue weighted by Crippen LogP contribution is 2.32. The molecule has 0 saturated carbocycles. The van der Waals surface area contributed by atoms with E-state index in [1.165, 1.54) is 5.56 Å². The number of nitrogens with one attached hydrogen (secondary N) is 1. The minimum absolute atomic E-state index is 0.0216. The number of halogens is 1. The van der Waals surface area contributed by atoms with Crippen LogP contribution in [0.15, 0.2) is 59.1 Å². The molecule has 3 nitrogen and oxygen atoms in total. The lowest BCUT2D eigenvalue weighted by atomic mass is 10.1. The number of rotatable bonds is 2. The summed E-state index contributed by atoms with van der Waals surface area (Å²) in [6.07, 6.45) is 2.06. The van der Waals surface area contributed by atoms with Gasteiger partial charge in [0.2, 0.25) is 0 Å². The summed E-state index contributed by atoms with van der Waals surface area (Å²) in [6, 6.07) is 18.0. The van der Waals surface area contributed by atoms with Gasteiger partial charge in [0.1, 0.15) is 0 Å². The van der Waals surface area contributed by atoms with Crippen molar-refractivity contribution in [2.24, 2.45) is 0 Å². The first-order valence-corrected chi connectivity index (χ1v) is 7.91. The first-order chi connectivity index (χ1) is 10.2. The minimum atomic E-state index is -0.0216. The number of carbonyl (C=O) groups is 1.